The minimum Gasteiger partial charge on any atom is -0.426 e. The number of rotatable bonds is 1. The fourth-order valence-electron chi connectivity index (χ4n) is 3.91. The second kappa shape index (κ2) is 5.72. The molecule has 0 radical (unpaired) electrons. The van der Waals surface area contributed by atoms with Gasteiger partial charge < -0.3 is 16.3 Å². The van der Waals surface area contributed by atoms with E-state index >= 15 is 0 Å². The Hall–Kier alpha value is -3.10. The third kappa shape index (κ3) is 2.39. The van der Waals surface area contributed by atoms with E-state index in [1.165, 1.54) is 6.07 Å². The van der Waals surface area contributed by atoms with Crippen molar-refractivity contribution >= 4 is 17.4 Å². The van der Waals surface area contributed by atoms with Crippen LogP contribution in [0.3, 0.4) is 0 Å². The van der Waals surface area contributed by atoms with Crippen molar-refractivity contribution in [2.45, 2.75) is 44.7 Å². The lowest BCUT2D eigenvalue weighted by atomic mass is 9.89. The molecule has 2 aliphatic rings. The summed E-state index contributed by atoms with van der Waals surface area (Å²) >= 11 is 0. The molecule has 0 saturated heterocycles. The van der Waals surface area contributed by atoms with Gasteiger partial charge in [0, 0.05) is 6.07 Å². The van der Waals surface area contributed by atoms with Crippen LogP contribution < -0.4 is 22.1 Å². The van der Waals surface area contributed by atoms with E-state index in [0.717, 1.165) is 38.4 Å². The first-order valence-corrected chi connectivity index (χ1v) is 8.59. The number of aromatic nitrogens is 3. The van der Waals surface area contributed by atoms with E-state index in [1.54, 1.807) is 17.6 Å². The smallest absolute Gasteiger partial charge is 0.279 e. The number of aryl methyl sites for hydroxylation is 1. The summed E-state index contributed by atoms with van der Waals surface area (Å²) in [5, 5.41) is 12.4. The maximum atomic E-state index is 13.2. The Bertz CT molecular complexity index is 1030. The number of hydrogen-bond donors (Lipinski definition) is 3. The lowest BCUT2D eigenvalue weighted by Crippen LogP contribution is -2.48. The van der Waals surface area contributed by atoms with Gasteiger partial charge in [0.1, 0.15) is 29.2 Å². The first kappa shape index (κ1) is 16.4. The highest BCUT2D eigenvalue weighted by Gasteiger charge is 2.45. The van der Waals surface area contributed by atoms with Gasteiger partial charge in [0.05, 0.1) is 0 Å². The molecule has 9 heteroatoms. The van der Waals surface area contributed by atoms with Crippen molar-refractivity contribution in [2.24, 2.45) is 4.99 Å². The minimum absolute atomic E-state index is 0.0531. The van der Waals surface area contributed by atoms with E-state index in [-0.39, 0.29) is 28.5 Å². The van der Waals surface area contributed by atoms with Gasteiger partial charge in [-0.25, -0.2) is 9.98 Å². The van der Waals surface area contributed by atoms with E-state index < -0.39 is 5.66 Å². The molecule has 1 amide bonds. The number of nitrogens with two attached hydrogens (primary N) is 1. The molecule has 2 aromatic heterocycles. The van der Waals surface area contributed by atoms with Crippen LogP contribution in [0.1, 0.15) is 48.2 Å². The van der Waals surface area contributed by atoms with Crippen LogP contribution in [-0.2, 0) is 5.66 Å². The van der Waals surface area contributed by atoms with E-state index in [0.29, 0.717) is 16.0 Å². The van der Waals surface area contributed by atoms with Crippen molar-refractivity contribution in [1.82, 2.24) is 19.6 Å². The summed E-state index contributed by atoms with van der Waals surface area (Å²) in [5.74, 6) is -0.159. The summed E-state index contributed by atoms with van der Waals surface area (Å²) in [4.78, 5) is 33.9. The molecule has 1 fully saturated rings. The molecule has 4 N–H and O–H groups in total. The molecular formula is C17H20N6O3. The highest BCUT2D eigenvalue weighted by Crippen LogP contribution is 2.37. The number of hydrogen-bond acceptors (Lipinski definition) is 6. The topological polar surface area (TPSA) is 128 Å². The van der Waals surface area contributed by atoms with Gasteiger partial charge in [-0.15, -0.1) is 0 Å². The first-order valence-electron chi connectivity index (χ1n) is 8.59. The van der Waals surface area contributed by atoms with E-state index in [1.807, 2.05) is 0 Å². The van der Waals surface area contributed by atoms with Gasteiger partial charge in [-0.2, -0.15) is 4.73 Å². The van der Waals surface area contributed by atoms with Crippen LogP contribution in [0, 0.1) is 6.92 Å². The van der Waals surface area contributed by atoms with E-state index in [9.17, 15) is 14.8 Å². The molecule has 2 aromatic rings. The van der Waals surface area contributed by atoms with Gasteiger partial charge in [0.15, 0.2) is 5.49 Å². The lowest BCUT2D eigenvalue weighted by molar-refractivity contribution is 0.0876. The summed E-state index contributed by atoms with van der Waals surface area (Å²) in [6.45, 7) is 1.79. The fourth-order valence-corrected chi connectivity index (χ4v) is 3.91. The second-order valence-corrected chi connectivity index (χ2v) is 6.88. The van der Waals surface area contributed by atoms with Crippen LogP contribution in [0.4, 0.5) is 11.5 Å². The zero-order valence-electron chi connectivity index (χ0n) is 14.4. The molecule has 3 heterocycles. The van der Waals surface area contributed by atoms with Gasteiger partial charge in [0.2, 0.25) is 0 Å². The summed E-state index contributed by atoms with van der Waals surface area (Å²) in [5.41, 5.74) is 6.14. The predicted molar refractivity (Wildman–Crippen MR) is 93.0 cm³/mol. The van der Waals surface area contributed by atoms with Gasteiger partial charge >= 0.3 is 0 Å². The first-order chi connectivity index (χ1) is 12.4. The maximum absolute atomic E-state index is 13.2. The highest BCUT2D eigenvalue weighted by molar-refractivity contribution is 5.96. The normalized spacial score (nSPS) is 18.8. The zero-order valence-corrected chi connectivity index (χ0v) is 14.4. The molecular weight excluding hydrogens is 336 g/mol. The molecule has 0 unspecified atom stereocenters. The Morgan fingerprint density at radius 2 is 2.00 bits per heavy atom. The third-order valence-electron chi connectivity index (χ3n) is 5.12. The molecule has 1 aliphatic carbocycles. The molecule has 26 heavy (non-hydrogen) atoms. The Morgan fingerprint density at radius 1 is 1.27 bits per heavy atom. The van der Waals surface area contributed by atoms with Gasteiger partial charge in [-0.1, -0.05) is 6.42 Å². The van der Waals surface area contributed by atoms with Crippen molar-refractivity contribution in [1.29, 1.82) is 0 Å². The molecule has 1 aliphatic heterocycles. The molecule has 1 spiro atoms. The standard InChI is InChI=1S/C17H20N6O3/c1-10-7-11(20-13-8-12(18)22(26)9-19-13)16(25)23-14(10)15(24)21-17(23)5-3-2-4-6-17/h7-9,26H,2-6,18H2,1H3,(H,21,24). The molecule has 136 valence electrons. The van der Waals surface area contributed by atoms with Crippen molar-refractivity contribution in [3.8, 4) is 0 Å². The molecule has 0 aromatic carbocycles. The Kier molecular flexibility index (Phi) is 3.60. The van der Waals surface area contributed by atoms with Crippen LogP contribution in [0.2, 0.25) is 0 Å². The van der Waals surface area contributed by atoms with Crippen molar-refractivity contribution in [2.75, 3.05) is 5.73 Å². The summed E-state index contributed by atoms with van der Waals surface area (Å²) in [7, 11) is 0. The van der Waals surface area contributed by atoms with Crippen molar-refractivity contribution < 1.29 is 10.0 Å². The molecule has 0 bridgehead atoms. The molecule has 9 nitrogen and oxygen atoms in total. The number of fused-ring (bicyclic) bond motifs is 2. The molecule has 1 saturated carbocycles. The number of pyridine rings is 1. The van der Waals surface area contributed by atoms with Crippen LogP contribution in [-0.4, -0.2) is 25.4 Å². The summed E-state index contributed by atoms with van der Waals surface area (Å²) in [6.07, 6.45) is 5.59. The predicted octanol–water partition coefficient (Wildman–Crippen LogP) is 0.765. The van der Waals surface area contributed by atoms with Gasteiger partial charge in [-0.05, 0) is 44.2 Å². The Balaban J connectivity index is 1.93. The maximum Gasteiger partial charge on any atom is 0.279 e. The van der Waals surface area contributed by atoms with Gasteiger partial charge in [0.25, 0.3) is 11.5 Å². The minimum atomic E-state index is -0.657. The number of nitrogens with zero attached hydrogens (tertiary/aromatic N) is 4. The van der Waals surface area contributed by atoms with Crippen LogP contribution in [0.25, 0.3) is 0 Å². The number of nitrogens with one attached hydrogen (secondary N) is 1. The second-order valence-electron chi connectivity index (χ2n) is 6.88. The van der Waals surface area contributed by atoms with E-state index in [2.05, 4.69) is 15.3 Å². The summed E-state index contributed by atoms with van der Waals surface area (Å²) in [6, 6.07) is 2.96. The van der Waals surface area contributed by atoms with Crippen molar-refractivity contribution in [3.05, 3.63) is 45.6 Å². The SMILES string of the molecule is Cc1cc(N=c2cc(N)n(O)cn2)c(=O)n2c1C(=O)NC21CCCCC1. The third-order valence-corrected chi connectivity index (χ3v) is 5.12. The number of anilines is 1. The lowest BCUT2D eigenvalue weighted by Gasteiger charge is -2.35. The van der Waals surface area contributed by atoms with Crippen molar-refractivity contribution in [3.63, 3.8) is 0 Å². The molecule has 4 rings (SSSR count). The monoisotopic (exact) mass is 356 g/mol. The quantitative estimate of drug-likeness (QED) is 0.650. The summed E-state index contributed by atoms with van der Waals surface area (Å²) < 4.78 is 2.25. The number of carbonyl (C=O) groups is 1. The van der Waals surface area contributed by atoms with Gasteiger partial charge in [-0.3, -0.25) is 14.2 Å². The fraction of sp³-hybridized carbons (Fsp3) is 0.412. The highest BCUT2D eigenvalue weighted by atomic mass is 16.5. The van der Waals surface area contributed by atoms with Crippen LogP contribution >= 0.6 is 0 Å². The number of amides is 1. The molecule has 0 atom stereocenters. The average Bonchev–Trinajstić information content (AvgIpc) is 2.88. The van der Waals surface area contributed by atoms with E-state index in [4.69, 9.17) is 5.73 Å². The van der Waals surface area contributed by atoms with Crippen LogP contribution in [0.15, 0.2) is 28.2 Å². The van der Waals surface area contributed by atoms with Crippen LogP contribution in [0.5, 0.6) is 0 Å². The largest absolute Gasteiger partial charge is 0.426 e. The number of nitrogen functional groups attached to an aromatic ring is 1. The number of carbonyl (C=O) groups excluding carboxylic acids is 1. The Labute approximate surface area is 148 Å². The Morgan fingerprint density at radius 3 is 2.69 bits per heavy atom. The average molecular weight is 356 g/mol. The zero-order chi connectivity index (χ0) is 18.5.